The molecule has 2 rings (SSSR count). The van der Waals surface area contributed by atoms with Crippen molar-refractivity contribution in [3.8, 4) is 5.75 Å². The molecule has 1 aliphatic carbocycles. The predicted molar refractivity (Wildman–Crippen MR) is 77.9 cm³/mol. The topological polar surface area (TPSA) is 58.6 Å². The van der Waals surface area contributed by atoms with E-state index in [1.54, 1.807) is 0 Å². The van der Waals surface area contributed by atoms with E-state index >= 15 is 0 Å². The SMILES string of the molecule is O=C(COc1ccc(C(F)(F)F)cc1)NCC(O)C1CCCC1. The zero-order chi connectivity index (χ0) is 16.9. The van der Waals surface area contributed by atoms with Gasteiger partial charge in [-0.2, -0.15) is 13.2 Å². The summed E-state index contributed by atoms with van der Waals surface area (Å²) in [6.07, 6.45) is -0.809. The zero-order valence-electron chi connectivity index (χ0n) is 12.6. The second kappa shape index (κ2) is 7.68. The van der Waals surface area contributed by atoms with Gasteiger partial charge in [0, 0.05) is 6.54 Å². The third-order valence-corrected chi connectivity index (χ3v) is 4.00. The van der Waals surface area contributed by atoms with Crippen molar-refractivity contribution in [2.45, 2.75) is 38.0 Å². The van der Waals surface area contributed by atoms with Crippen LogP contribution in [0.4, 0.5) is 13.2 Å². The van der Waals surface area contributed by atoms with Crippen LogP contribution in [0.3, 0.4) is 0 Å². The minimum absolute atomic E-state index is 0.167. The quantitative estimate of drug-likeness (QED) is 0.843. The number of ether oxygens (including phenoxy) is 1. The highest BCUT2D eigenvalue weighted by Crippen LogP contribution is 2.30. The van der Waals surface area contributed by atoms with Crippen molar-refractivity contribution in [2.24, 2.45) is 5.92 Å². The molecule has 0 aromatic heterocycles. The van der Waals surface area contributed by atoms with Crippen LogP contribution >= 0.6 is 0 Å². The average Bonchev–Trinajstić information content (AvgIpc) is 3.04. The van der Waals surface area contributed by atoms with Gasteiger partial charge in [0.1, 0.15) is 5.75 Å². The van der Waals surface area contributed by atoms with Crippen LogP contribution in [0.15, 0.2) is 24.3 Å². The van der Waals surface area contributed by atoms with Gasteiger partial charge in [0.15, 0.2) is 6.61 Å². The van der Waals surface area contributed by atoms with E-state index < -0.39 is 23.8 Å². The van der Waals surface area contributed by atoms with Crippen LogP contribution in [0.2, 0.25) is 0 Å². The van der Waals surface area contributed by atoms with Gasteiger partial charge in [-0.1, -0.05) is 12.8 Å². The summed E-state index contributed by atoms with van der Waals surface area (Å²) >= 11 is 0. The summed E-state index contributed by atoms with van der Waals surface area (Å²) in [6, 6.07) is 4.14. The largest absolute Gasteiger partial charge is 0.484 e. The normalized spacial score (nSPS) is 17.0. The molecule has 1 fully saturated rings. The highest BCUT2D eigenvalue weighted by Gasteiger charge is 2.30. The Morgan fingerprint density at radius 1 is 1.26 bits per heavy atom. The molecule has 1 saturated carbocycles. The van der Waals surface area contributed by atoms with Crippen molar-refractivity contribution < 1.29 is 27.8 Å². The number of halogens is 3. The number of aliphatic hydroxyl groups is 1. The van der Waals surface area contributed by atoms with Crippen molar-refractivity contribution in [2.75, 3.05) is 13.2 Å². The fourth-order valence-corrected chi connectivity index (χ4v) is 2.67. The van der Waals surface area contributed by atoms with Gasteiger partial charge in [0.2, 0.25) is 0 Å². The van der Waals surface area contributed by atoms with Crippen molar-refractivity contribution in [1.82, 2.24) is 5.32 Å². The smallest absolute Gasteiger partial charge is 0.416 e. The van der Waals surface area contributed by atoms with E-state index in [-0.39, 0.29) is 24.8 Å². The maximum atomic E-state index is 12.4. The predicted octanol–water partition coefficient (Wildman–Crippen LogP) is 2.75. The van der Waals surface area contributed by atoms with Crippen LogP contribution in [0.1, 0.15) is 31.2 Å². The molecule has 0 radical (unpaired) electrons. The number of benzene rings is 1. The minimum atomic E-state index is -4.40. The first-order valence-electron chi connectivity index (χ1n) is 7.61. The van der Waals surface area contributed by atoms with E-state index in [9.17, 15) is 23.1 Å². The van der Waals surface area contributed by atoms with Gasteiger partial charge in [-0.3, -0.25) is 4.79 Å². The molecular weight excluding hydrogens is 311 g/mol. The second-order valence-electron chi connectivity index (χ2n) is 5.73. The molecule has 4 nitrogen and oxygen atoms in total. The summed E-state index contributed by atoms with van der Waals surface area (Å²) in [7, 11) is 0. The highest BCUT2D eigenvalue weighted by atomic mass is 19.4. The summed E-state index contributed by atoms with van der Waals surface area (Å²) < 4.78 is 42.4. The lowest BCUT2D eigenvalue weighted by molar-refractivity contribution is -0.137. The third kappa shape index (κ3) is 5.42. The summed E-state index contributed by atoms with van der Waals surface area (Å²) in [4.78, 5) is 11.6. The van der Waals surface area contributed by atoms with Crippen molar-refractivity contribution >= 4 is 5.91 Å². The molecule has 1 atom stereocenters. The molecule has 1 amide bonds. The number of hydrogen-bond donors (Lipinski definition) is 2. The van der Waals surface area contributed by atoms with E-state index in [1.165, 1.54) is 12.1 Å². The molecule has 7 heteroatoms. The molecule has 23 heavy (non-hydrogen) atoms. The van der Waals surface area contributed by atoms with Gasteiger partial charge in [-0.15, -0.1) is 0 Å². The van der Waals surface area contributed by atoms with E-state index in [1.807, 2.05) is 0 Å². The molecule has 0 bridgehead atoms. The van der Waals surface area contributed by atoms with Crippen LogP contribution in [-0.4, -0.2) is 30.3 Å². The van der Waals surface area contributed by atoms with Gasteiger partial charge >= 0.3 is 6.18 Å². The second-order valence-corrected chi connectivity index (χ2v) is 5.73. The number of hydrogen-bond acceptors (Lipinski definition) is 3. The molecule has 0 aliphatic heterocycles. The van der Waals surface area contributed by atoms with Crippen molar-refractivity contribution in [3.05, 3.63) is 29.8 Å². The Hall–Kier alpha value is -1.76. The number of alkyl halides is 3. The van der Waals surface area contributed by atoms with Crippen LogP contribution in [0, 0.1) is 5.92 Å². The number of rotatable bonds is 6. The Morgan fingerprint density at radius 2 is 1.87 bits per heavy atom. The summed E-state index contributed by atoms with van der Waals surface area (Å²) in [5, 5.41) is 12.5. The maximum Gasteiger partial charge on any atom is 0.416 e. The minimum Gasteiger partial charge on any atom is -0.484 e. The molecule has 1 aromatic rings. The van der Waals surface area contributed by atoms with Crippen LogP contribution in [0.25, 0.3) is 0 Å². The lowest BCUT2D eigenvalue weighted by atomic mass is 10.0. The molecule has 1 aliphatic rings. The molecule has 0 heterocycles. The molecule has 1 aromatic carbocycles. The van der Waals surface area contributed by atoms with Gasteiger partial charge in [0.05, 0.1) is 11.7 Å². The van der Waals surface area contributed by atoms with E-state index in [0.29, 0.717) is 0 Å². The first-order valence-corrected chi connectivity index (χ1v) is 7.61. The lowest BCUT2D eigenvalue weighted by Gasteiger charge is -2.18. The molecule has 0 saturated heterocycles. The molecule has 1 unspecified atom stereocenters. The van der Waals surface area contributed by atoms with Gasteiger partial charge in [-0.05, 0) is 43.0 Å². The van der Waals surface area contributed by atoms with Crippen LogP contribution < -0.4 is 10.1 Å². The summed E-state index contributed by atoms with van der Waals surface area (Å²) in [5.41, 5.74) is -0.769. The zero-order valence-corrected chi connectivity index (χ0v) is 12.6. The Bertz CT molecular complexity index is 510. The lowest BCUT2D eigenvalue weighted by Crippen LogP contribution is -2.37. The molecule has 2 N–H and O–H groups in total. The molecular formula is C16H20F3NO3. The van der Waals surface area contributed by atoms with E-state index in [4.69, 9.17) is 4.74 Å². The summed E-state index contributed by atoms with van der Waals surface area (Å²) in [5.74, 6) is -0.00225. The fraction of sp³-hybridized carbons (Fsp3) is 0.562. The monoisotopic (exact) mass is 331 g/mol. The number of amides is 1. The molecule has 128 valence electrons. The Labute approximate surface area is 132 Å². The number of carbonyl (C=O) groups is 1. The first kappa shape index (κ1) is 17.6. The Balaban J connectivity index is 1.71. The Morgan fingerprint density at radius 3 is 2.43 bits per heavy atom. The highest BCUT2D eigenvalue weighted by molar-refractivity contribution is 5.77. The van der Waals surface area contributed by atoms with Crippen LogP contribution in [-0.2, 0) is 11.0 Å². The first-order chi connectivity index (χ1) is 10.9. The van der Waals surface area contributed by atoms with Gasteiger partial charge in [0.25, 0.3) is 5.91 Å². The Kier molecular flexibility index (Phi) is 5.87. The number of aliphatic hydroxyl groups excluding tert-OH is 1. The van der Waals surface area contributed by atoms with Gasteiger partial charge in [-0.25, -0.2) is 0 Å². The standard InChI is InChI=1S/C16H20F3NO3/c17-16(18,19)12-5-7-13(8-6-12)23-10-15(22)20-9-14(21)11-3-1-2-4-11/h5-8,11,14,21H,1-4,9-10H2,(H,20,22). The van der Waals surface area contributed by atoms with Crippen molar-refractivity contribution in [3.63, 3.8) is 0 Å². The molecule has 0 spiro atoms. The fourth-order valence-electron chi connectivity index (χ4n) is 2.67. The number of nitrogens with one attached hydrogen (secondary N) is 1. The maximum absolute atomic E-state index is 12.4. The number of carbonyl (C=O) groups excluding carboxylic acids is 1. The average molecular weight is 331 g/mol. The van der Waals surface area contributed by atoms with E-state index in [0.717, 1.165) is 37.8 Å². The van der Waals surface area contributed by atoms with Crippen molar-refractivity contribution in [1.29, 1.82) is 0 Å². The van der Waals surface area contributed by atoms with Gasteiger partial charge < -0.3 is 15.2 Å². The van der Waals surface area contributed by atoms with E-state index in [2.05, 4.69) is 5.32 Å². The third-order valence-electron chi connectivity index (χ3n) is 4.00. The van der Waals surface area contributed by atoms with Crippen LogP contribution in [0.5, 0.6) is 5.75 Å². The summed E-state index contributed by atoms with van der Waals surface area (Å²) in [6.45, 7) is -0.136.